The van der Waals surface area contributed by atoms with Gasteiger partial charge in [-0.15, -0.1) is 0 Å². The fraction of sp³-hybridized carbons (Fsp3) is 0.571. The zero-order valence-electron chi connectivity index (χ0n) is 10.5. The molecule has 0 aliphatic carbocycles. The summed E-state index contributed by atoms with van der Waals surface area (Å²) in [4.78, 5) is 2.48. The molecule has 4 heteroatoms. The normalized spacial score (nSPS) is 19.5. The molecule has 1 atom stereocenters. The molecular weight excluding hydrogens is 267 g/mol. The van der Waals surface area contributed by atoms with E-state index in [0.29, 0.717) is 16.6 Å². The van der Waals surface area contributed by atoms with E-state index < -0.39 is 0 Å². The second-order valence-corrected chi connectivity index (χ2v) is 5.69. The van der Waals surface area contributed by atoms with Gasteiger partial charge in [-0.3, -0.25) is 4.90 Å². The number of likely N-dealkylation sites (tertiary alicyclic amines) is 1. The van der Waals surface area contributed by atoms with E-state index >= 15 is 0 Å². The molecule has 0 radical (unpaired) electrons. The first kappa shape index (κ1) is 14.1. The number of hydrogen-bond donors (Lipinski definition) is 1. The van der Waals surface area contributed by atoms with Crippen LogP contribution in [0.4, 0.5) is 0 Å². The van der Waals surface area contributed by atoms with Crippen LogP contribution in [0.2, 0.25) is 10.0 Å². The van der Waals surface area contributed by atoms with E-state index in [9.17, 15) is 0 Å². The van der Waals surface area contributed by atoms with Crippen molar-refractivity contribution in [2.24, 2.45) is 5.73 Å². The van der Waals surface area contributed by atoms with Gasteiger partial charge < -0.3 is 5.73 Å². The Hall–Kier alpha value is -0.280. The minimum absolute atomic E-state index is 0.262. The van der Waals surface area contributed by atoms with Crippen molar-refractivity contribution in [3.05, 3.63) is 33.8 Å². The first-order valence-electron chi connectivity index (χ1n) is 6.61. The van der Waals surface area contributed by atoms with E-state index in [1.54, 1.807) is 0 Å². The van der Waals surface area contributed by atoms with E-state index in [2.05, 4.69) is 4.90 Å². The van der Waals surface area contributed by atoms with Crippen LogP contribution < -0.4 is 5.73 Å². The lowest BCUT2D eigenvalue weighted by atomic mass is 10.1. The summed E-state index contributed by atoms with van der Waals surface area (Å²) in [5.41, 5.74) is 7.13. The first-order chi connectivity index (χ1) is 8.72. The van der Waals surface area contributed by atoms with Gasteiger partial charge in [0.25, 0.3) is 0 Å². The van der Waals surface area contributed by atoms with Crippen LogP contribution >= 0.6 is 23.2 Å². The first-order valence-corrected chi connectivity index (χ1v) is 7.37. The van der Waals surface area contributed by atoms with Gasteiger partial charge >= 0.3 is 0 Å². The van der Waals surface area contributed by atoms with Crippen molar-refractivity contribution < 1.29 is 0 Å². The predicted molar refractivity (Wildman–Crippen MR) is 78.3 cm³/mol. The summed E-state index contributed by atoms with van der Waals surface area (Å²) in [6.07, 6.45) is 5.18. The zero-order valence-corrected chi connectivity index (χ0v) is 12.1. The van der Waals surface area contributed by atoms with Gasteiger partial charge in [0.15, 0.2) is 0 Å². The Morgan fingerprint density at radius 1 is 1.06 bits per heavy atom. The van der Waals surface area contributed by atoms with Crippen molar-refractivity contribution in [3.8, 4) is 0 Å². The monoisotopic (exact) mass is 286 g/mol. The van der Waals surface area contributed by atoms with E-state index in [0.717, 1.165) is 13.1 Å². The molecule has 1 aliphatic heterocycles. The molecule has 18 heavy (non-hydrogen) atoms. The lowest BCUT2D eigenvalue weighted by Gasteiger charge is -2.30. The highest BCUT2D eigenvalue weighted by Gasteiger charge is 2.20. The van der Waals surface area contributed by atoms with Gasteiger partial charge in [-0.05, 0) is 43.6 Å². The van der Waals surface area contributed by atoms with Gasteiger partial charge in [0.2, 0.25) is 0 Å². The Balaban J connectivity index is 2.17. The molecule has 1 heterocycles. The molecule has 2 rings (SSSR count). The molecule has 2 N–H and O–H groups in total. The van der Waals surface area contributed by atoms with Gasteiger partial charge in [0.05, 0.1) is 10.0 Å². The Bertz CT molecular complexity index is 387. The van der Waals surface area contributed by atoms with Crippen molar-refractivity contribution in [2.75, 3.05) is 19.6 Å². The molecule has 100 valence electrons. The Morgan fingerprint density at radius 3 is 2.28 bits per heavy atom. The van der Waals surface area contributed by atoms with Crippen molar-refractivity contribution >= 4 is 23.2 Å². The van der Waals surface area contributed by atoms with E-state index in [-0.39, 0.29) is 6.04 Å². The molecule has 1 saturated heterocycles. The second-order valence-electron chi connectivity index (χ2n) is 4.88. The summed E-state index contributed by atoms with van der Waals surface area (Å²) in [6, 6.07) is 6.11. The fourth-order valence-corrected chi connectivity index (χ4v) is 2.93. The molecule has 2 nitrogen and oxygen atoms in total. The number of halogens is 2. The minimum atomic E-state index is 0.262. The summed E-state index contributed by atoms with van der Waals surface area (Å²) in [6.45, 7) is 2.88. The largest absolute Gasteiger partial charge is 0.329 e. The quantitative estimate of drug-likeness (QED) is 0.914. The van der Waals surface area contributed by atoms with Crippen molar-refractivity contribution in [2.45, 2.75) is 31.7 Å². The van der Waals surface area contributed by atoms with Crippen LogP contribution in [0, 0.1) is 0 Å². The van der Waals surface area contributed by atoms with Crippen molar-refractivity contribution in [1.82, 2.24) is 4.90 Å². The van der Waals surface area contributed by atoms with E-state index in [4.69, 9.17) is 28.9 Å². The van der Waals surface area contributed by atoms with Crippen LogP contribution in [0.3, 0.4) is 0 Å². The third kappa shape index (κ3) is 3.39. The van der Waals surface area contributed by atoms with Gasteiger partial charge in [-0.1, -0.05) is 42.1 Å². The molecule has 0 amide bonds. The summed E-state index contributed by atoms with van der Waals surface area (Å²) < 4.78 is 0. The highest BCUT2D eigenvalue weighted by atomic mass is 35.5. The lowest BCUT2D eigenvalue weighted by Crippen LogP contribution is -2.34. The fourth-order valence-electron chi connectivity index (χ4n) is 2.62. The third-order valence-electron chi connectivity index (χ3n) is 3.63. The van der Waals surface area contributed by atoms with Gasteiger partial charge in [-0.25, -0.2) is 0 Å². The van der Waals surface area contributed by atoms with Crippen LogP contribution in [0.5, 0.6) is 0 Å². The SMILES string of the molecule is NCC(c1ccc(Cl)c(Cl)c1)N1CCCCCC1. The number of nitrogens with two attached hydrogens (primary N) is 1. The van der Waals surface area contributed by atoms with Gasteiger partial charge in [0.1, 0.15) is 0 Å². The molecular formula is C14H20Cl2N2. The summed E-state index contributed by atoms with van der Waals surface area (Å²) in [5.74, 6) is 0. The van der Waals surface area contributed by atoms with E-state index in [1.165, 1.54) is 31.2 Å². The van der Waals surface area contributed by atoms with Crippen LogP contribution in [0.25, 0.3) is 0 Å². The average molecular weight is 287 g/mol. The minimum Gasteiger partial charge on any atom is -0.329 e. The molecule has 0 aromatic heterocycles. The third-order valence-corrected chi connectivity index (χ3v) is 4.37. The number of hydrogen-bond acceptors (Lipinski definition) is 2. The maximum absolute atomic E-state index is 6.09. The molecule has 1 unspecified atom stereocenters. The smallest absolute Gasteiger partial charge is 0.0595 e. The molecule has 0 saturated carbocycles. The van der Waals surface area contributed by atoms with Gasteiger partial charge in [0, 0.05) is 12.6 Å². The summed E-state index contributed by atoms with van der Waals surface area (Å²) in [7, 11) is 0. The average Bonchev–Trinajstić information content (AvgIpc) is 2.64. The number of nitrogens with zero attached hydrogens (tertiary/aromatic N) is 1. The van der Waals surface area contributed by atoms with Crippen LogP contribution in [-0.4, -0.2) is 24.5 Å². The van der Waals surface area contributed by atoms with Gasteiger partial charge in [-0.2, -0.15) is 0 Å². The van der Waals surface area contributed by atoms with E-state index in [1.807, 2.05) is 18.2 Å². The van der Waals surface area contributed by atoms with Crippen molar-refractivity contribution in [1.29, 1.82) is 0 Å². The number of benzene rings is 1. The molecule has 1 aliphatic rings. The molecule has 1 aromatic rings. The molecule has 0 spiro atoms. The summed E-state index contributed by atoms with van der Waals surface area (Å²) in [5, 5.41) is 1.22. The lowest BCUT2D eigenvalue weighted by molar-refractivity contribution is 0.210. The summed E-state index contributed by atoms with van der Waals surface area (Å²) >= 11 is 12.1. The number of rotatable bonds is 3. The van der Waals surface area contributed by atoms with Crippen LogP contribution in [0.15, 0.2) is 18.2 Å². The van der Waals surface area contributed by atoms with Crippen LogP contribution in [0.1, 0.15) is 37.3 Å². The Morgan fingerprint density at radius 2 is 1.72 bits per heavy atom. The highest BCUT2D eigenvalue weighted by Crippen LogP contribution is 2.29. The highest BCUT2D eigenvalue weighted by molar-refractivity contribution is 6.42. The van der Waals surface area contributed by atoms with Crippen molar-refractivity contribution in [3.63, 3.8) is 0 Å². The molecule has 0 bridgehead atoms. The second kappa shape index (κ2) is 6.76. The maximum atomic E-state index is 6.09. The van der Waals surface area contributed by atoms with Crippen LogP contribution in [-0.2, 0) is 0 Å². The zero-order chi connectivity index (χ0) is 13.0. The maximum Gasteiger partial charge on any atom is 0.0595 e. The molecule has 1 fully saturated rings. The Labute approximate surface area is 119 Å². The molecule has 1 aromatic carbocycles. The Kier molecular flexibility index (Phi) is 5.31. The predicted octanol–water partition coefficient (Wildman–Crippen LogP) is 3.87. The standard InChI is InChI=1S/C14H20Cl2N2/c15-12-6-5-11(9-13(12)16)14(10-17)18-7-3-1-2-4-8-18/h5-6,9,14H,1-4,7-8,10,17H2. The topological polar surface area (TPSA) is 29.3 Å².